The third kappa shape index (κ3) is 2.90. The molecular formula is C13H22N4O. The lowest BCUT2D eigenvalue weighted by atomic mass is 10.2. The van der Waals surface area contributed by atoms with Crippen molar-refractivity contribution < 1.29 is 4.79 Å². The van der Waals surface area contributed by atoms with Crippen molar-refractivity contribution in [1.82, 2.24) is 20.0 Å². The summed E-state index contributed by atoms with van der Waals surface area (Å²) >= 11 is 0. The maximum Gasteiger partial charge on any atom is 0.247 e. The Hall–Kier alpha value is -1.36. The van der Waals surface area contributed by atoms with Crippen LogP contribution >= 0.6 is 0 Å². The van der Waals surface area contributed by atoms with E-state index in [2.05, 4.69) is 10.4 Å². The largest absolute Gasteiger partial charge is 0.340 e. The molecule has 0 saturated carbocycles. The number of hydrogen-bond acceptors (Lipinski definition) is 3. The molecule has 5 nitrogen and oxygen atoms in total. The predicted molar refractivity (Wildman–Crippen MR) is 70.2 cm³/mol. The van der Waals surface area contributed by atoms with Crippen LogP contribution in [0.2, 0.25) is 0 Å². The van der Waals surface area contributed by atoms with Crippen molar-refractivity contribution >= 4 is 5.91 Å². The summed E-state index contributed by atoms with van der Waals surface area (Å²) in [7, 11) is 0. The summed E-state index contributed by atoms with van der Waals surface area (Å²) in [5.74, 6) is 0.148. The van der Waals surface area contributed by atoms with Gasteiger partial charge in [-0.15, -0.1) is 0 Å². The van der Waals surface area contributed by atoms with Gasteiger partial charge in [-0.05, 0) is 39.3 Å². The number of hydrogen-bond donors (Lipinski definition) is 1. The summed E-state index contributed by atoms with van der Waals surface area (Å²) in [6, 6.07) is 2.08. The van der Waals surface area contributed by atoms with Crippen LogP contribution < -0.4 is 5.32 Å². The minimum Gasteiger partial charge on any atom is -0.340 e. The van der Waals surface area contributed by atoms with Crippen LogP contribution in [-0.4, -0.2) is 46.3 Å². The number of likely N-dealkylation sites (N-methyl/N-ethyl adjacent to an activating group) is 1. The third-order valence-corrected chi connectivity index (χ3v) is 3.58. The number of carbonyl (C=O) groups is 1. The highest BCUT2D eigenvalue weighted by Gasteiger charge is 2.24. The lowest BCUT2D eigenvalue weighted by Crippen LogP contribution is -2.43. The smallest absolute Gasteiger partial charge is 0.247 e. The van der Waals surface area contributed by atoms with E-state index in [1.807, 2.05) is 31.0 Å². The second-order valence-corrected chi connectivity index (χ2v) is 4.83. The van der Waals surface area contributed by atoms with Crippen molar-refractivity contribution in [2.45, 2.75) is 38.8 Å². The van der Waals surface area contributed by atoms with Crippen LogP contribution in [0.3, 0.4) is 0 Å². The molecule has 0 radical (unpaired) electrons. The quantitative estimate of drug-likeness (QED) is 0.849. The minimum atomic E-state index is -0.221. The van der Waals surface area contributed by atoms with Gasteiger partial charge < -0.3 is 10.2 Å². The van der Waals surface area contributed by atoms with Crippen LogP contribution in [-0.2, 0) is 4.79 Å². The van der Waals surface area contributed by atoms with Crippen molar-refractivity contribution in [3.05, 3.63) is 18.5 Å². The van der Waals surface area contributed by atoms with E-state index in [-0.39, 0.29) is 11.9 Å². The summed E-state index contributed by atoms with van der Waals surface area (Å²) in [6.07, 6.45) is 5.92. The Kier molecular flexibility index (Phi) is 4.36. The average Bonchev–Trinajstić information content (AvgIpc) is 3.06. The average molecular weight is 250 g/mol. The molecule has 0 aliphatic carbocycles. The SMILES string of the molecule is CCN(CC1CCCN1)C(=O)C(C)n1cccn1. The van der Waals surface area contributed by atoms with Crippen molar-refractivity contribution in [3.8, 4) is 0 Å². The monoisotopic (exact) mass is 250 g/mol. The first-order valence-electron chi connectivity index (χ1n) is 6.73. The van der Waals surface area contributed by atoms with Crippen molar-refractivity contribution in [3.63, 3.8) is 0 Å². The van der Waals surface area contributed by atoms with Gasteiger partial charge in [0, 0.05) is 31.5 Å². The van der Waals surface area contributed by atoms with E-state index in [4.69, 9.17) is 0 Å². The Morgan fingerprint density at radius 3 is 3.06 bits per heavy atom. The number of rotatable bonds is 5. The third-order valence-electron chi connectivity index (χ3n) is 3.58. The summed E-state index contributed by atoms with van der Waals surface area (Å²) in [5, 5.41) is 7.57. The molecule has 1 aromatic rings. The Morgan fingerprint density at radius 1 is 1.67 bits per heavy atom. The van der Waals surface area contributed by atoms with Crippen LogP contribution in [0.25, 0.3) is 0 Å². The summed E-state index contributed by atoms with van der Waals surface area (Å²) in [5.41, 5.74) is 0. The molecule has 2 rings (SSSR count). The summed E-state index contributed by atoms with van der Waals surface area (Å²) < 4.78 is 1.72. The maximum absolute atomic E-state index is 12.4. The Morgan fingerprint density at radius 2 is 2.50 bits per heavy atom. The zero-order valence-electron chi connectivity index (χ0n) is 11.2. The lowest BCUT2D eigenvalue weighted by Gasteiger charge is -2.27. The molecule has 0 aromatic carbocycles. The maximum atomic E-state index is 12.4. The number of amides is 1. The van der Waals surface area contributed by atoms with E-state index < -0.39 is 0 Å². The van der Waals surface area contributed by atoms with Crippen LogP contribution in [0.15, 0.2) is 18.5 Å². The van der Waals surface area contributed by atoms with Gasteiger partial charge in [0.05, 0.1) is 0 Å². The van der Waals surface area contributed by atoms with E-state index >= 15 is 0 Å². The summed E-state index contributed by atoms with van der Waals surface area (Å²) in [4.78, 5) is 14.3. The summed E-state index contributed by atoms with van der Waals surface area (Å²) in [6.45, 7) is 6.57. The molecule has 0 bridgehead atoms. The fourth-order valence-electron chi connectivity index (χ4n) is 2.44. The zero-order chi connectivity index (χ0) is 13.0. The normalized spacial score (nSPS) is 20.9. The minimum absolute atomic E-state index is 0.148. The Labute approximate surface area is 108 Å². The Bertz CT molecular complexity index is 370. The molecule has 1 aliphatic rings. The first-order valence-corrected chi connectivity index (χ1v) is 6.73. The molecule has 1 amide bonds. The second-order valence-electron chi connectivity index (χ2n) is 4.83. The molecule has 2 heterocycles. The second kappa shape index (κ2) is 6.00. The highest BCUT2D eigenvalue weighted by atomic mass is 16.2. The van der Waals surface area contributed by atoms with Gasteiger partial charge in [0.1, 0.15) is 6.04 Å². The molecule has 18 heavy (non-hydrogen) atoms. The topological polar surface area (TPSA) is 50.2 Å². The van der Waals surface area contributed by atoms with E-state index in [1.54, 1.807) is 10.9 Å². The van der Waals surface area contributed by atoms with Crippen molar-refractivity contribution in [1.29, 1.82) is 0 Å². The van der Waals surface area contributed by atoms with Crippen LogP contribution in [0.1, 0.15) is 32.7 Å². The van der Waals surface area contributed by atoms with Gasteiger partial charge in [-0.3, -0.25) is 9.48 Å². The van der Waals surface area contributed by atoms with Gasteiger partial charge in [0.2, 0.25) is 5.91 Å². The van der Waals surface area contributed by atoms with Crippen LogP contribution in [0.5, 0.6) is 0 Å². The molecule has 100 valence electrons. The Balaban J connectivity index is 1.96. The van der Waals surface area contributed by atoms with Gasteiger partial charge in [0.25, 0.3) is 0 Å². The van der Waals surface area contributed by atoms with E-state index in [9.17, 15) is 4.79 Å². The van der Waals surface area contributed by atoms with Crippen LogP contribution in [0.4, 0.5) is 0 Å². The molecule has 1 aromatic heterocycles. The van der Waals surface area contributed by atoms with Gasteiger partial charge in [-0.25, -0.2) is 0 Å². The molecule has 1 aliphatic heterocycles. The highest BCUT2D eigenvalue weighted by Crippen LogP contribution is 2.12. The van der Waals surface area contributed by atoms with E-state index in [1.165, 1.54) is 12.8 Å². The van der Waals surface area contributed by atoms with Crippen LogP contribution in [0, 0.1) is 0 Å². The van der Waals surface area contributed by atoms with E-state index in [0.29, 0.717) is 6.04 Å². The molecule has 1 saturated heterocycles. The molecule has 2 atom stereocenters. The van der Waals surface area contributed by atoms with Gasteiger partial charge >= 0.3 is 0 Å². The molecule has 1 N–H and O–H groups in total. The lowest BCUT2D eigenvalue weighted by molar-refractivity contribution is -0.134. The first-order chi connectivity index (χ1) is 8.72. The zero-order valence-corrected chi connectivity index (χ0v) is 11.2. The van der Waals surface area contributed by atoms with Gasteiger partial charge in [-0.2, -0.15) is 5.10 Å². The highest BCUT2D eigenvalue weighted by molar-refractivity contribution is 5.80. The van der Waals surface area contributed by atoms with Crippen molar-refractivity contribution in [2.24, 2.45) is 0 Å². The molecule has 2 unspecified atom stereocenters. The number of nitrogens with zero attached hydrogens (tertiary/aromatic N) is 3. The van der Waals surface area contributed by atoms with Gasteiger partial charge in [-0.1, -0.05) is 0 Å². The first kappa shape index (κ1) is 13.1. The molecule has 1 fully saturated rings. The molecule has 0 spiro atoms. The predicted octanol–water partition coefficient (Wildman–Crippen LogP) is 1.04. The number of nitrogens with one attached hydrogen (secondary N) is 1. The molecule has 5 heteroatoms. The van der Waals surface area contributed by atoms with Crippen molar-refractivity contribution in [2.75, 3.05) is 19.6 Å². The van der Waals surface area contributed by atoms with Gasteiger partial charge in [0.15, 0.2) is 0 Å². The van der Waals surface area contributed by atoms with E-state index in [0.717, 1.165) is 19.6 Å². The molecular weight excluding hydrogens is 228 g/mol. The standard InChI is InChI=1S/C13H22N4O/c1-3-16(10-12-6-4-7-14-12)13(18)11(2)17-9-5-8-15-17/h5,8-9,11-12,14H,3-4,6-7,10H2,1-2H3. The fraction of sp³-hybridized carbons (Fsp3) is 0.692. The number of aromatic nitrogens is 2. The fourth-order valence-corrected chi connectivity index (χ4v) is 2.44. The number of carbonyl (C=O) groups excluding carboxylic acids is 1.